The van der Waals surface area contributed by atoms with Crippen LogP contribution in [-0.2, 0) is 9.47 Å². The van der Waals surface area contributed by atoms with Crippen LogP contribution in [0, 0.1) is 0 Å². The largest absolute Gasteiger partial charge is 0.444 e. The number of nitrogens with zero attached hydrogens (tertiary/aromatic N) is 4. The molecule has 1 amide bonds. The Bertz CT molecular complexity index is 456. The molecule has 1 fully saturated rings. The molecule has 2 N–H and O–H groups in total. The molecule has 1 aliphatic rings. The van der Waals surface area contributed by atoms with Crippen molar-refractivity contribution in [3.05, 3.63) is 10.4 Å². The first-order chi connectivity index (χ1) is 9.99. The minimum absolute atomic E-state index is 0.0424. The average molecular weight is 316 g/mol. The lowest BCUT2D eigenvalue weighted by molar-refractivity contribution is -0.0756. The van der Waals surface area contributed by atoms with E-state index in [2.05, 4.69) is 10.0 Å². The topological polar surface area (TPSA) is 128 Å². The third kappa shape index (κ3) is 4.48. The fraction of sp³-hybridized carbons (Fsp3) is 0.923. The maximum atomic E-state index is 12.4. The van der Waals surface area contributed by atoms with Crippen LogP contribution in [0.1, 0.15) is 34.6 Å². The molecule has 1 saturated heterocycles. The Morgan fingerprint density at radius 1 is 1.55 bits per heavy atom. The van der Waals surface area contributed by atoms with E-state index in [0.717, 1.165) is 0 Å². The van der Waals surface area contributed by atoms with Crippen molar-refractivity contribution in [3.63, 3.8) is 0 Å². The Morgan fingerprint density at radius 2 is 2.14 bits per heavy atom. The minimum atomic E-state index is -1.32. The third-order valence-electron chi connectivity index (χ3n) is 3.23. The van der Waals surface area contributed by atoms with Crippen LogP contribution in [-0.4, -0.2) is 63.9 Å². The van der Waals surface area contributed by atoms with Gasteiger partial charge in [-0.2, -0.15) is 0 Å². The van der Waals surface area contributed by atoms with E-state index in [9.17, 15) is 15.0 Å². The van der Waals surface area contributed by atoms with E-state index in [1.165, 1.54) is 4.90 Å². The lowest BCUT2D eigenvalue weighted by Crippen LogP contribution is -2.56. The predicted molar refractivity (Wildman–Crippen MR) is 77.9 cm³/mol. The molecule has 0 aromatic rings. The normalized spacial score (nSPS) is 23.6. The van der Waals surface area contributed by atoms with Gasteiger partial charge >= 0.3 is 6.09 Å². The summed E-state index contributed by atoms with van der Waals surface area (Å²) in [4.78, 5) is 16.2. The van der Waals surface area contributed by atoms with Gasteiger partial charge in [-0.1, -0.05) is 5.11 Å². The molecule has 0 aliphatic carbocycles. The number of carbonyl (C=O) groups excluding carboxylic acids is 1. The van der Waals surface area contributed by atoms with E-state index in [0.29, 0.717) is 0 Å². The molecule has 0 aromatic heterocycles. The highest BCUT2D eigenvalue weighted by Gasteiger charge is 2.49. The zero-order valence-electron chi connectivity index (χ0n) is 13.6. The summed E-state index contributed by atoms with van der Waals surface area (Å²) >= 11 is 0. The number of rotatable bonds is 4. The van der Waals surface area contributed by atoms with Gasteiger partial charge < -0.3 is 19.7 Å². The van der Waals surface area contributed by atoms with Gasteiger partial charge in [-0.05, 0) is 40.1 Å². The first kappa shape index (κ1) is 18.5. The molecule has 0 saturated carbocycles. The van der Waals surface area contributed by atoms with Crippen molar-refractivity contribution >= 4 is 6.09 Å². The highest BCUT2D eigenvalue weighted by molar-refractivity contribution is 5.70. The van der Waals surface area contributed by atoms with E-state index in [1.807, 2.05) is 0 Å². The van der Waals surface area contributed by atoms with Crippen LogP contribution in [0.2, 0.25) is 0 Å². The average Bonchev–Trinajstić information content (AvgIpc) is 2.68. The summed E-state index contributed by atoms with van der Waals surface area (Å²) in [6.07, 6.45) is -3.27. The molecule has 0 bridgehead atoms. The number of hydrogen-bond donors (Lipinski definition) is 2. The van der Waals surface area contributed by atoms with Crippen molar-refractivity contribution in [3.8, 4) is 0 Å². The molecule has 0 aromatic carbocycles. The summed E-state index contributed by atoms with van der Waals surface area (Å²) in [7, 11) is 0. The molecule has 22 heavy (non-hydrogen) atoms. The van der Waals surface area contributed by atoms with Crippen LogP contribution in [0.3, 0.4) is 0 Å². The van der Waals surface area contributed by atoms with Crippen molar-refractivity contribution in [2.75, 3.05) is 13.2 Å². The monoisotopic (exact) mass is 316 g/mol. The summed E-state index contributed by atoms with van der Waals surface area (Å²) in [5.74, 6) is 0. The zero-order valence-corrected chi connectivity index (χ0v) is 13.6. The predicted octanol–water partition coefficient (Wildman–Crippen LogP) is 1.39. The standard InChI is InChI=1S/C13H24N4O5/c1-12(2,3)22-11(20)17-8(7-21-13(17,4)5)10(19)9(18)6-15-16-14/h8-10,18-19H,6-7H2,1-5H3/t8-,9+,10+/m0/s1. The molecule has 0 radical (unpaired) electrons. The quantitative estimate of drug-likeness (QED) is 0.460. The first-order valence-corrected chi connectivity index (χ1v) is 7.03. The number of aliphatic hydroxyl groups excluding tert-OH is 2. The lowest BCUT2D eigenvalue weighted by Gasteiger charge is -2.37. The van der Waals surface area contributed by atoms with E-state index < -0.39 is 35.7 Å². The highest BCUT2D eigenvalue weighted by Crippen LogP contribution is 2.31. The van der Waals surface area contributed by atoms with Gasteiger partial charge in [-0.25, -0.2) is 4.79 Å². The van der Waals surface area contributed by atoms with Crippen molar-refractivity contribution < 1.29 is 24.5 Å². The third-order valence-corrected chi connectivity index (χ3v) is 3.23. The summed E-state index contributed by atoms with van der Waals surface area (Å²) < 4.78 is 10.9. The molecule has 9 nitrogen and oxygen atoms in total. The lowest BCUT2D eigenvalue weighted by atomic mass is 10.0. The first-order valence-electron chi connectivity index (χ1n) is 7.03. The summed E-state index contributed by atoms with van der Waals surface area (Å²) in [6.45, 7) is 8.29. The maximum absolute atomic E-state index is 12.4. The second-order valence-corrected chi connectivity index (χ2v) is 6.65. The second-order valence-electron chi connectivity index (χ2n) is 6.65. The van der Waals surface area contributed by atoms with Gasteiger partial charge in [0.1, 0.15) is 17.4 Å². The molecule has 0 spiro atoms. The maximum Gasteiger partial charge on any atom is 0.412 e. The second kappa shape index (κ2) is 6.70. The van der Waals surface area contributed by atoms with E-state index in [1.54, 1.807) is 34.6 Å². The van der Waals surface area contributed by atoms with Gasteiger partial charge in [0.25, 0.3) is 0 Å². The van der Waals surface area contributed by atoms with Crippen LogP contribution < -0.4 is 0 Å². The molecule has 9 heteroatoms. The SMILES string of the molecule is CC(C)(C)OC(=O)N1[C@H]([C@@H](O)[C@H](O)CN=[N+]=[N-])COC1(C)C. The Labute approximate surface area is 129 Å². The van der Waals surface area contributed by atoms with Crippen molar-refractivity contribution in [1.29, 1.82) is 0 Å². The van der Waals surface area contributed by atoms with Gasteiger partial charge in [0.05, 0.1) is 25.3 Å². The van der Waals surface area contributed by atoms with Gasteiger partial charge in [0.15, 0.2) is 0 Å². The van der Waals surface area contributed by atoms with Gasteiger partial charge in [-0.3, -0.25) is 4.90 Å². The summed E-state index contributed by atoms with van der Waals surface area (Å²) in [5.41, 5.74) is 6.59. The number of amides is 1. The minimum Gasteiger partial charge on any atom is -0.444 e. The Hall–Kier alpha value is -1.54. The van der Waals surface area contributed by atoms with Crippen molar-refractivity contribution in [2.24, 2.45) is 5.11 Å². The van der Waals surface area contributed by atoms with Crippen LogP contribution in [0.5, 0.6) is 0 Å². The van der Waals surface area contributed by atoms with E-state index >= 15 is 0 Å². The molecular formula is C13H24N4O5. The number of aliphatic hydroxyl groups is 2. The van der Waals surface area contributed by atoms with E-state index in [4.69, 9.17) is 15.0 Å². The molecule has 0 unspecified atom stereocenters. The fourth-order valence-corrected chi connectivity index (χ4v) is 2.23. The summed E-state index contributed by atoms with van der Waals surface area (Å²) in [5, 5.41) is 23.3. The molecule has 1 heterocycles. The zero-order chi connectivity index (χ0) is 17.1. The van der Waals surface area contributed by atoms with Crippen molar-refractivity contribution in [2.45, 2.75) is 64.2 Å². The molecule has 3 atom stereocenters. The highest BCUT2D eigenvalue weighted by atomic mass is 16.6. The van der Waals surface area contributed by atoms with Crippen molar-refractivity contribution in [1.82, 2.24) is 4.90 Å². The van der Waals surface area contributed by atoms with Crippen LogP contribution >= 0.6 is 0 Å². The number of hydrogen-bond acceptors (Lipinski definition) is 6. The van der Waals surface area contributed by atoms with Crippen LogP contribution in [0.15, 0.2) is 5.11 Å². The van der Waals surface area contributed by atoms with E-state index in [-0.39, 0.29) is 13.2 Å². The molecule has 1 rings (SSSR count). The Kier molecular flexibility index (Phi) is 5.64. The number of azide groups is 1. The molecule has 126 valence electrons. The van der Waals surface area contributed by atoms with Gasteiger partial charge in [-0.15, -0.1) is 0 Å². The molecule has 1 aliphatic heterocycles. The smallest absolute Gasteiger partial charge is 0.412 e. The Morgan fingerprint density at radius 3 is 2.64 bits per heavy atom. The van der Waals surface area contributed by atoms with Gasteiger partial charge in [0.2, 0.25) is 0 Å². The Balaban J connectivity index is 2.93. The van der Waals surface area contributed by atoms with Crippen LogP contribution in [0.4, 0.5) is 4.79 Å². The summed E-state index contributed by atoms with van der Waals surface area (Å²) in [6, 6.07) is -0.797. The number of carbonyl (C=O) groups is 1. The number of ether oxygens (including phenoxy) is 2. The van der Waals surface area contributed by atoms with Crippen LogP contribution in [0.25, 0.3) is 10.4 Å². The van der Waals surface area contributed by atoms with Gasteiger partial charge in [0, 0.05) is 4.91 Å². The fourth-order valence-electron chi connectivity index (χ4n) is 2.23. The molecular weight excluding hydrogens is 292 g/mol.